The average molecular weight is 364 g/mol. The fraction of sp³-hybridized carbons (Fsp3) is 0.286. The summed E-state index contributed by atoms with van der Waals surface area (Å²) in [6.07, 6.45) is 2.06. The Bertz CT molecular complexity index is 1070. The second kappa shape index (κ2) is 6.23. The Morgan fingerprint density at radius 1 is 1.19 bits per heavy atom. The SMILES string of the molecule is Cn1c2c(c3ccccc31)CC(C)(OC(=O)c1ccccc1[N+](=O)[O-])CC2. The number of aryl methyl sites for hydroxylation is 1. The molecule has 0 saturated carbocycles. The van der Waals surface area contributed by atoms with Crippen molar-refractivity contribution in [2.75, 3.05) is 0 Å². The third-order valence-corrected chi connectivity index (χ3v) is 5.44. The van der Waals surface area contributed by atoms with Crippen LogP contribution in [0.1, 0.15) is 35.0 Å². The van der Waals surface area contributed by atoms with Gasteiger partial charge in [0, 0.05) is 36.1 Å². The van der Waals surface area contributed by atoms with Crippen LogP contribution in [0.15, 0.2) is 48.5 Å². The zero-order chi connectivity index (χ0) is 19.2. The van der Waals surface area contributed by atoms with Gasteiger partial charge in [-0.05, 0) is 37.5 Å². The molecule has 27 heavy (non-hydrogen) atoms. The molecule has 3 aromatic rings. The lowest BCUT2D eigenvalue weighted by molar-refractivity contribution is -0.385. The van der Waals surface area contributed by atoms with E-state index in [0.717, 1.165) is 11.9 Å². The molecule has 0 N–H and O–H groups in total. The molecule has 0 amide bonds. The Kier molecular flexibility index (Phi) is 3.98. The van der Waals surface area contributed by atoms with Crippen LogP contribution in [0.5, 0.6) is 0 Å². The summed E-state index contributed by atoms with van der Waals surface area (Å²) in [5, 5.41) is 12.4. The van der Waals surface area contributed by atoms with Crippen molar-refractivity contribution in [3.05, 3.63) is 75.5 Å². The summed E-state index contributed by atoms with van der Waals surface area (Å²) < 4.78 is 8.02. The third-order valence-electron chi connectivity index (χ3n) is 5.44. The number of carbonyl (C=O) groups is 1. The maximum atomic E-state index is 12.7. The summed E-state index contributed by atoms with van der Waals surface area (Å²) in [4.78, 5) is 23.3. The topological polar surface area (TPSA) is 74.4 Å². The van der Waals surface area contributed by atoms with Crippen molar-refractivity contribution in [2.24, 2.45) is 7.05 Å². The summed E-state index contributed by atoms with van der Waals surface area (Å²) in [6, 6.07) is 14.1. The highest BCUT2D eigenvalue weighted by Crippen LogP contribution is 2.38. The van der Waals surface area contributed by atoms with Gasteiger partial charge in [0.2, 0.25) is 0 Å². The van der Waals surface area contributed by atoms with Gasteiger partial charge in [-0.1, -0.05) is 30.3 Å². The molecule has 0 aliphatic heterocycles. The molecule has 4 rings (SSSR count). The summed E-state index contributed by atoms with van der Waals surface area (Å²) >= 11 is 0. The summed E-state index contributed by atoms with van der Waals surface area (Å²) in [7, 11) is 2.06. The number of hydrogen-bond donors (Lipinski definition) is 0. The van der Waals surface area contributed by atoms with E-state index in [-0.39, 0.29) is 11.3 Å². The first-order valence-electron chi connectivity index (χ1n) is 8.91. The number of ether oxygens (including phenoxy) is 1. The van der Waals surface area contributed by atoms with Crippen LogP contribution in [0.2, 0.25) is 0 Å². The van der Waals surface area contributed by atoms with Gasteiger partial charge in [-0.15, -0.1) is 0 Å². The summed E-state index contributed by atoms with van der Waals surface area (Å²) in [6.45, 7) is 1.91. The molecule has 1 heterocycles. The molecule has 2 aromatic carbocycles. The van der Waals surface area contributed by atoms with Crippen LogP contribution in [0.4, 0.5) is 5.69 Å². The van der Waals surface area contributed by atoms with E-state index in [1.807, 2.05) is 19.1 Å². The number of para-hydroxylation sites is 2. The normalized spacial score (nSPS) is 18.9. The van der Waals surface area contributed by atoms with Crippen molar-refractivity contribution in [1.82, 2.24) is 4.57 Å². The number of benzene rings is 2. The third kappa shape index (κ3) is 2.87. The van der Waals surface area contributed by atoms with E-state index in [1.165, 1.54) is 28.8 Å². The van der Waals surface area contributed by atoms with Crippen molar-refractivity contribution >= 4 is 22.6 Å². The standard InChI is InChI=1S/C21H20N2O4/c1-21(27-20(24)15-8-4-6-10-19(15)23(25)26)12-11-18-16(13-21)14-7-3-5-9-17(14)22(18)2/h3-10H,11-13H2,1-2H3. The van der Waals surface area contributed by atoms with Crippen LogP contribution >= 0.6 is 0 Å². The maximum Gasteiger partial charge on any atom is 0.345 e. The largest absolute Gasteiger partial charge is 0.455 e. The van der Waals surface area contributed by atoms with Crippen molar-refractivity contribution in [2.45, 2.75) is 31.8 Å². The number of hydrogen-bond acceptors (Lipinski definition) is 4. The molecule has 1 aliphatic rings. The molecular weight excluding hydrogens is 344 g/mol. The minimum absolute atomic E-state index is 0.00700. The number of nitro benzene ring substituents is 1. The molecule has 6 heteroatoms. The van der Waals surface area contributed by atoms with Gasteiger partial charge in [-0.2, -0.15) is 0 Å². The number of nitro groups is 1. The minimum Gasteiger partial charge on any atom is -0.455 e. The highest BCUT2D eigenvalue weighted by atomic mass is 16.6. The molecule has 1 atom stereocenters. The van der Waals surface area contributed by atoms with E-state index in [4.69, 9.17) is 4.74 Å². The molecule has 1 unspecified atom stereocenters. The zero-order valence-electron chi connectivity index (χ0n) is 15.3. The Morgan fingerprint density at radius 2 is 1.89 bits per heavy atom. The van der Waals surface area contributed by atoms with E-state index < -0.39 is 16.5 Å². The van der Waals surface area contributed by atoms with Gasteiger partial charge in [-0.25, -0.2) is 4.79 Å². The predicted molar refractivity (Wildman–Crippen MR) is 102 cm³/mol. The van der Waals surface area contributed by atoms with E-state index in [1.54, 1.807) is 12.1 Å². The number of esters is 1. The number of aromatic nitrogens is 1. The quantitative estimate of drug-likeness (QED) is 0.397. The summed E-state index contributed by atoms with van der Waals surface area (Å²) in [5.74, 6) is -0.645. The minimum atomic E-state index is -0.697. The first kappa shape index (κ1) is 17.3. The van der Waals surface area contributed by atoms with Crippen molar-refractivity contribution in [3.63, 3.8) is 0 Å². The molecule has 0 radical (unpaired) electrons. The van der Waals surface area contributed by atoms with Gasteiger partial charge < -0.3 is 9.30 Å². The molecule has 6 nitrogen and oxygen atoms in total. The zero-order valence-corrected chi connectivity index (χ0v) is 15.3. The van der Waals surface area contributed by atoms with Crippen LogP contribution in [0.25, 0.3) is 10.9 Å². The van der Waals surface area contributed by atoms with Gasteiger partial charge in [0.05, 0.1) is 4.92 Å². The highest BCUT2D eigenvalue weighted by molar-refractivity contribution is 5.94. The van der Waals surface area contributed by atoms with E-state index in [9.17, 15) is 14.9 Å². The second-order valence-electron chi connectivity index (χ2n) is 7.29. The van der Waals surface area contributed by atoms with Crippen LogP contribution in [-0.2, 0) is 24.6 Å². The van der Waals surface area contributed by atoms with E-state index >= 15 is 0 Å². The molecule has 1 aliphatic carbocycles. The average Bonchev–Trinajstić information content (AvgIpc) is 2.93. The fourth-order valence-electron chi connectivity index (χ4n) is 4.06. The number of rotatable bonds is 3. The lowest BCUT2D eigenvalue weighted by Crippen LogP contribution is -2.38. The molecule has 1 aromatic heterocycles. The highest BCUT2D eigenvalue weighted by Gasteiger charge is 2.37. The van der Waals surface area contributed by atoms with Crippen LogP contribution < -0.4 is 0 Å². The molecule has 0 bridgehead atoms. The second-order valence-corrected chi connectivity index (χ2v) is 7.29. The lowest BCUT2D eigenvalue weighted by Gasteiger charge is -2.33. The Morgan fingerprint density at radius 3 is 2.67 bits per heavy atom. The van der Waals surface area contributed by atoms with Gasteiger partial charge in [-0.3, -0.25) is 10.1 Å². The van der Waals surface area contributed by atoms with Gasteiger partial charge in [0.25, 0.3) is 5.69 Å². The Hall–Kier alpha value is -3.15. The molecule has 0 spiro atoms. The van der Waals surface area contributed by atoms with Gasteiger partial charge in [0.15, 0.2) is 0 Å². The van der Waals surface area contributed by atoms with Crippen molar-refractivity contribution in [3.8, 4) is 0 Å². The number of fused-ring (bicyclic) bond motifs is 3. The molecule has 0 saturated heterocycles. The van der Waals surface area contributed by atoms with E-state index in [2.05, 4.69) is 23.7 Å². The van der Waals surface area contributed by atoms with Crippen LogP contribution in [0, 0.1) is 10.1 Å². The first-order chi connectivity index (χ1) is 12.9. The Balaban J connectivity index is 1.66. The smallest absolute Gasteiger partial charge is 0.345 e. The Labute approximate surface area is 156 Å². The van der Waals surface area contributed by atoms with Crippen LogP contribution in [-0.4, -0.2) is 21.1 Å². The predicted octanol–water partition coefficient (Wildman–Crippen LogP) is 4.19. The molecule has 138 valence electrons. The van der Waals surface area contributed by atoms with Crippen LogP contribution in [0.3, 0.4) is 0 Å². The first-order valence-corrected chi connectivity index (χ1v) is 8.91. The van der Waals surface area contributed by atoms with Crippen molar-refractivity contribution < 1.29 is 14.5 Å². The van der Waals surface area contributed by atoms with Crippen molar-refractivity contribution in [1.29, 1.82) is 0 Å². The molecule has 0 fully saturated rings. The molecular formula is C21H20N2O4. The van der Waals surface area contributed by atoms with Gasteiger partial charge in [0.1, 0.15) is 11.2 Å². The monoisotopic (exact) mass is 364 g/mol. The summed E-state index contributed by atoms with van der Waals surface area (Å²) in [5.41, 5.74) is 2.68. The fourth-order valence-corrected chi connectivity index (χ4v) is 4.06. The number of nitrogens with zero attached hydrogens (tertiary/aromatic N) is 2. The lowest BCUT2D eigenvalue weighted by atomic mass is 9.83. The maximum absolute atomic E-state index is 12.7. The van der Waals surface area contributed by atoms with Gasteiger partial charge >= 0.3 is 5.97 Å². The van der Waals surface area contributed by atoms with E-state index in [0.29, 0.717) is 12.8 Å². The number of carbonyl (C=O) groups excluding carboxylic acids is 1.